The molecule has 0 saturated carbocycles. The third-order valence-electron chi connectivity index (χ3n) is 8.81. The van der Waals surface area contributed by atoms with E-state index in [-0.39, 0.29) is 77.9 Å². The number of ether oxygens (including phenoxy) is 2. The van der Waals surface area contributed by atoms with Crippen LogP contribution in [0.25, 0.3) is 28.0 Å². The lowest BCUT2D eigenvalue weighted by Crippen LogP contribution is -2.54. The number of carbonyl (C=O) groups is 2. The Balaban J connectivity index is 1.68. The first-order valence-corrected chi connectivity index (χ1v) is 17.8. The largest absolute Gasteiger partial charge is 0.425 e. The monoisotopic (exact) mass is 707 g/mol. The SMILES string of the molecule is C=CC(=O)N1CCN(c2nc(=O)n(-c3c(C4COC4)cccc3S(C)(=O)=O)c3nc(-c4c(F)cccc4OC(=O)C(C)C)c(F)cc23)[C@@H](C)C1. The first-order chi connectivity index (χ1) is 23.7. The summed E-state index contributed by atoms with van der Waals surface area (Å²) in [5.74, 6) is -4.06. The number of rotatable bonds is 8. The Morgan fingerprint density at radius 3 is 2.42 bits per heavy atom. The van der Waals surface area contributed by atoms with E-state index in [9.17, 15) is 22.8 Å². The molecule has 2 aromatic heterocycles. The number of hydrogen-bond donors (Lipinski definition) is 0. The average molecular weight is 708 g/mol. The number of amides is 1. The maximum atomic E-state index is 16.4. The lowest BCUT2D eigenvalue weighted by atomic mass is 9.95. The van der Waals surface area contributed by atoms with Gasteiger partial charge in [-0.3, -0.25) is 9.59 Å². The van der Waals surface area contributed by atoms with Gasteiger partial charge in [-0.2, -0.15) is 4.98 Å². The van der Waals surface area contributed by atoms with Crippen LogP contribution in [0, 0.1) is 17.6 Å². The number of aromatic nitrogens is 3. The minimum atomic E-state index is -3.97. The number of anilines is 1. The average Bonchev–Trinajstić information content (AvgIpc) is 3.03. The number of fused-ring (bicyclic) bond motifs is 1. The molecule has 1 atom stereocenters. The van der Waals surface area contributed by atoms with Crippen LogP contribution in [0.3, 0.4) is 0 Å². The maximum absolute atomic E-state index is 16.4. The molecule has 0 unspecified atom stereocenters. The van der Waals surface area contributed by atoms with Crippen LogP contribution in [0.4, 0.5) is 14.6 Å². The number of pyridine rings is 1. The molecule has 2 aliphatic heterocycles. The first-order valence-electron chi connectivity index (χ1n) is 15.9. The molecule has 0 aliphatic carbocycles. The van der Waals surface area contributed by atoms with Crippen LogP contribution in [-0.4, -0.2) is 84.9 Å². The number of benzene rings is 2. The van der Waals surface area contributed by atoms with Gasteiger partial charge < -0.3 is 19.3 Å². The first kappa shape index (κ1) is 34.8. The van der Waals surface area contributed by atoms with Crippen LogP contribution in [0.2, 0.25) is 0 Å². The second kappa shape index (κ2) is 13.4. The maximum Gasteiger partial charge on any atom is 0.355 e. The Kier molecular flexibility index (Phi) is 9.31. The number of halogens is 2. The molecule has 2 aromatic carbocycles. The molecule has 0 N–H and O–H groups in total. The smallest absolute Gasteiger partial charge is 0.355 e. The highest BCUT2D eigenvalue weighted by Crippen LogP contribution is 2.39. The molecule has 1 amide bonds. The van der Waals surface area contributed by atoms with Crippen LogP contribution >= 0.6 is 0 Å². The summed E-state index contributed by atoms with van der Waals surface area (Å²) in [7, 11) is -3.97. The fraction of sp³-hybridized carbons (Fsp3) is 0.343. The molecule has 0 radical (unpaired) electrons. The Morgan fingerprint density at radius 1 is 1.08 bits per heavy atom. The van der Waals surface area contributed by atoms with Crippen LogP contribution in [-0.2, 0) is 24.2 Å². The predicted molar refractivity (Wildman–Crippen MR) is 181 cm³/mol. The van der Waals surface area contributed by atoms with E-state index in [0.717, 1.165) is 23.0 Å². The van der Waals surface area contributed by atoms with Gasteiger partial charge in [-0.25, -0.2) is 31.5 Å². The summed E-state index contributed by atoms with van der Waals surface area (Å²) < 4.78 is 70.4. The van der Waals surface area contributed by atoms with Crippen LogP contribution in [0.15, 0.2) is 64.8 Å². The van der Waals surface area contributed by atoms with Crippen molar-refractivity contribution in [1.82, 2.24) is 19.4 Å². The molecule has 262 valence electrons. The van der Waals surface area contributed by atoms with Crippen molar-refractivity contribution in [2.75, 3.05) is 44.0 Å². The zero-order chi connectivity index (χ0) is 36.1. The van der Waals surface area contributed by atoms with Crippen molar-refractivity contribution in [1.29, 1.82) is 0 Å². The van der Waals surface area contributed by atoms with Crippen LogP contribution < -0.4 is 15.3 Å². The second-order valence-corrected chi connectivity index (χ2v) is 14.6. The van der Waals surface area contributed by atoms with Crippen molar-refractivity contribution in [3.05, 3.63) is 82.8 Å². The number of carbonyl (C=O) groups excluding carboxylic acids is 2. The van der Waals surface area contributed by atoms with Gasteiger partial charge in [-0.1, -0.05) is 38.6 Å². The minimum absolute atomic E-state index is 0.0253. The lowest BCUT2D eigenvalue weighted by Gasteiger charge is -2.40. The van der Waals surface area contributed by atoms with Gasteiger partial charge >= 0.3 is 11.7 Å². The van der Waals surface area contributed by atoms with Crippen molar-refractivity contribution < 1.29 is 36.3 Å². The molecule has 15 heteroatoms. The van der Waals surface area contributed by atoms with E-state index in [1.54, 1.807) is 35.8 Å². The van der Waals surface area contributed by atoms with Gasteiger partial charge in [0, 0.05) is 37.8 Å². The highest BCUT2D eigenvalue weighted by molar-refractivity contribution is 7.90. The molecule has 6 rings (SSSR count). The molecular formula is C35H35F2N5O7S. The summed E-state index contributed by atoms with van der Waals surface area (Å²) in [5, 5.41) is 0.0253. The molecule has 4 aromatic rings. The molecule has 4 heterocycles. The summed E-state index contributed by atoms with van der Waals surface area (Å²) in [6, 6.07) is 8.88. The van der Waals surface area contributed by atoms with Gasteiger partial charge in [0.05, 0.1) is 40.7 Å². The number of sulfone groups is 1. The normalized spacial score (nSPS) is 16.8. The zero-order valence-corrected chi connectivity index (χ0v) is 28.7. The molecule has 0 bridgehead atoms. The number of hydrogen-bond acceptors (Lipinski definition) is 10. The van der Waals surface area contributed by atoms with E-state index >= 15 is 8.78 Å². The molecule has 50 heavy (non-hydrogen) atoms. The van der Waals surface area contributed by atoms with Gasteiger partial charge in [0.15, 0.2) is 21.3 Å². The molecule has 2 fully saturated rings. The van der Waals surface area contributed by atoms with Crippen molar-refractivity contribution in [2.45, 2.75) is 37.6 Å². The third-order valence-corrected chi connectivity index (χ3v) is 9.94. The van der Waals surface area contributed by atoms with Gasteiger partial charge in [-0.05, 0) is 42.8 Å². The fourth-order valence-corrected chi connectivity index (χ4v) is 7.06. The fourth-order valence-electron chi connectivity index (χ4n) is 6.17. The number of para-hydroxylation sites is 1. The van der Waals surface area contributed by atoms with Crippen molar-refractivity contribution in [3.63, 3.8) is 0 Å². The van der Waals surface area contributed by atoms with Gasteiger partial charge in [0.1, 0.15) is 23.1 Å². The Labute approximate surface area is 286 Å². The van der Waals surface area contributed by atoms with Gasteiger partial charge in [-0.15, -0.1) is 0 Å². The summed E-state index contributed by atoms with van der Waals surface area (Å²) in [4.78, 5) is 51.3. The van der Waals surface area contributed by atoms with E-state index < -0.39 is 56.3 Å². The molecule has 2 saturated heterocycles. The Hall–Kier alpha value is -5.02. The van der Waals surface area contributed by atoms with Crippen LogP contribution in [0.5, 0.6) is 5.75 Å². The highest BCUT2D eigenvalue weighted by Gasteiger charge is 2.34. The summed E-state index contributed by atoms with van der Waals surface area (Å²) in [6.07, 6.45) is 2.21. The molecule has 12 nitrogen and oxygen atoms in total. The Morgan fingerprint density at radius 2 is 1.80 bits per heavy atom. The van der Waals surface area contributed by atoms with Crippen molar-refractivity contribution in [3.8, 4) is 22.7 Å². The van der Waals surface area contributed by atoms with Crippen molar-refractivity contribution in [2.24, 2.45) is 5.92 Å². The molecule has 0 spiro atoms. The van der Waals surface area contributed by atoms with E-state index in [1.807, 2.05) is 6.92 Å². The molecular weight excluding hydrogens is 672 g/mol. The van der Waals surface area contributed by atoms with Crippen LogP contribution in [0.1, 0.15) is 32.3 Å². The van der Waals surface area contributed by atoms with Crippen molar-refractivity contribution >= 4 is 38.6 Å². The summed E-state index contributed by atoms with van der Waals surface area (Å²) >= 11 is 0. The van der Waals surface area contributed by atoms with E-state index in [2.05, 4.69) is 16.5 Å². The quantitative estimate of drug-likeness (QED) is 0.150. The second-order valence-electron chi connectivity index (χ2n) is 12.7. The highest BCUT2D eigenvalue weighted by atomic mass is 32.2. The molecule has 2 aliphatic rings. The summed E-state index contributed by atoms with van der Waals surface area (Å²) in [6.45, 7) is 9.75. The number of esters is 1. The van der Waals surface area contributed by atoms with E-state index in [0.29, 0.717) is 5.56 Å². The van der Waals surface area contributed by atoms with E-state index in [4.69, 9.17) is 9.47 Å². The van der Waals surface area contributed by atoms with Gasteiger partial charge in [0.25, 0.3) is 0 Å². The van der Waals surface area contributed by atoms with E-state index in [1.165, 1.54) is 24.3 Å². The number of piperazine rings is 1. The number of nitrogens with zero attached hydrogens (tertiary/aromatic N) is 5. The minimum Gasteiger partial charge on any atom is -0.425 e. The third kappa shape index (κ3) is 6.26. The van der Waals surface area contributed by atoms with Gasteiger partial charge in [0.2, 0.25) is 5.91 Å². The Bertz CT molecular complexity index is 2220. The predicted octanol–water partition coefficient (Wildman–Crippen LogP) is 4.03. The zero-order valence-electron chi connectivity index (χ0n) is 27.9. The standard InChI is InChI=1S/C35H35F2N5O7S/c1-6-28(43)40-13-14-41(20(4)16-40)32-23-15-25(37)30(29-24(36)10-8-11-26(29)49-34(44)19(2)3)38-33(23)42(35(45)39-32)31-22(21-17-48-18-21)9-7-12-27(31)50(5,46)47/h6-12,15,19-21H,1,13-14,16-18H2,2-5H3/t20-/m0/s1. The summed E-state index contributed by atoms with van der Waals surface area (Å²) in [5.41, 5.74) is -1.74. The topological polar surface area (TPSA) is 141 Å². The lowest BCUT2D eigenvalue weighted by molar-refractivity contribution is -0.137.